The van der Waals surface area contributed by atoms with Crippen molar-refractivity contribution in [1.82, 2.24) is 5.32 Å². The van der Waals surface area contributed by atoms with E-state index in [1.54, 1.807) is 24.1 Å². The second-order valence-electron chi connectivity index (χ2n) is 6.92. The number of aryl methyl sites for hydroxylation is 1. The van der Waals surface area contributed by atoms with E-state index in [0.717, 1.165) is 24.9 Å². The summed E-state index contributed by atoms with van der Waals surface area (Å²) in [5.41, 5.74) is 3.86. The number of nitrogens with one attached hydrogen (secondary N) is 2. The van der Waals surface area contributed by atoms with Crippen LogP contribution in [0, 0.1) is 0 Å². The molecule has 0 bridgehead atoms. The normalized spacial score (nSPS) is 18.3. The maximum Gasteiger partial charge on any atom is 0.319 e. The fraction of sp³-hybridized carbons (Fsp3) is 0.333. The monoisotopic (exact) mass is 365 g/mol. The van der Waals surface area contributed by atoms with Gasteiger partial charge in [0.2, 0.25) is 5.91 Å². The van der Waals surface area contributed by atoms with Crippen LogP contribution in [0.25, 0.3) is 0 Å². The van der Waals surface area contributed by atoms with Crippen molar-refractivity contribution in [2.45, 2.75) is 31.7 Å². The van der Waals surface area contributed by atoms with Crippen molar-refractivity contribution in [3.63, 3.8) is 0 Å². The predicted molar refractivity (Wildman–Crippen MR) is 104 cm³/mol. The molecule has 0 spiro atoms. The molecule has 1 saturated heterocycles. The van der Waals surface area contributed by atoms with Gasteiger partial charge in [-0.2, -0.15) is 0 Å². The van der Waals surface area contributed by atoms with Crippen LogP contribution in [-0.4, -0.2) is 25.6 Å². The quantitative estimate of drug-likeness (QED) is 0.869. The van der Waals surface area contributed by atoms with E-state index in [2.05, 4.69) is 22.8 Å². The summed E-state index contributed by atoms with van der Waals surface area (Å²) < 4.78 is 5.44. The molecule has 3 amide bonds. The van der Waals surface area contributed by atoms with Gasteiger partial charge >= 0.3 is 6.03 Å². The van der Waals surface area contributed by atoms with Crippen molar-refractivity contribution in [3.8, 4) is 5.75 Å². The van der Waals surface area contributed by atoms with Gasteiger partial charge in [0.25, 0.3) is 0 Å². The summed E-state index contributed by atoms with van der Waals surface area (Å²) >= 11 is 0. The molecular formula is C21H23N3O3. The molecular weight excluding hydrogens is 342 g/mol. The summed E-state index contributed by atoms with van der Waals surface area (Å²) in [6.45, 7) is 0.698. The lowest BCUT2D eigenvalue weighted by Gasteiger charge is -2.20. The number of rotatable bonds is 4. The van der Waals surface area contributed by atoms with E-state index in [-0.39, 0.29) is 18.0 Å². The largest absolute Gasteiger partial charge is 0.494 e. The number of hydrogen-bond donors (Lipinski definition) is 2. The van der Waals surface area contributed by atoms with E-state index in [9.17, 15) is 9.59 Å². The molecule has 27 heavy (non-hydrogen) atoms. The Bertz CT molecular complexity index is 881. The van der Waals surface area contributed by atoms with Crippen LogP contribution in [0.15, 0.2) is 42.5 Å². The van der Waals surface area contributed by atoms with Crippen molar-refractivity contribution in [1.29, 1.82) is 0 Å². The number of hydrogen-bond acceptors (Lipinski definition) is 3. The van der Waals surface area contributed by atoms with Gasteiger partial charge in [-0.05, 0) is 42.5 Å². The number of benzene rings is 2. The lowest BCUT2D eigenvalue weighted by molar-refractivity contribution is -0.117. The van der Waals surface area contributed by atoms with Gasteiger partial charge in [-0.1, -0.05) is 24.3 Å². The first-order valence-electron chi connectivity index (χ1n) is 9.29. The van der Waals surface area contributed by atoms with Gasteiger partial charge in [-0.15, -0.1) is 0 Å². The molecule has 0 radical (unpaired) electrons. The summed E-state index contributed by atoms with van der Waals surface area (Å²) in [7, 11) is 1.57. The minimum Gasteiger partial charge on any atom is -0.494 e. The third-order valence-electron chi connectivity index (χ3n) is 5.24. The van der Waals surface area contributed by atoms with Crippen molar-refractivity contribution in [3.05, 3.63) is 53.6 Å². The lowest BCUT2D eigenvalue weighted by Crippen LogP contribution is -2.31. The Hall–Kier alpha value is -3.02. The van der Waals surface area contributed by atoms with Crippen molar-refractivity contribution in [2.75, 3.05) is 23.9 Å². The standard InChI is InChI=1S/C21H23N3O3/c1-27-19-13-15(9-11-18(19)24-12-4-7-20(24)25)22-21(26)23-17-10-8-14-5-2-3-6-16(14)17/h2-3,5-6,9,11,13,17H,4,7-8,10,12H2,1H3,(H2,22,23,26)/t17-/m0/s1. The summed E-state index contributed by atoms with van der Waals surface area (Å²) in [6, 6.07) is 13.4. The smallest absolute Gasteiger partial charge is 0.319 e. The molecule has 0 saturated carbocycles. The van der Waals surface area contributed by atoms with Crippen LogP contribution >= 0.6 is 0 Å². The molecule has 140 valence electrons. The number of nitrogens with zero attached hydrogens (tertiary/aromatic N) is 1. The van der Waals surface area contributed by atoms with Gasteiger partial charge in [-0.3, -0.25) is 4.79 Å². The van der Waals surface area contributed by atoms with E-state index in [0.29, 0.717) is 24.4 Å². The third-order valence-corrected chi connectivity index (χ3v) is 5.24. The van der Waals surface area contributed by atoms with Crippen molar-refractivity contribution >= 4 is 23.3 Å². The summed E-state index contributed by atoms with van der Waals surface area (Å²) in [5.74, 6) is 0.681. The van der Waals surface area contributed by atoms with Gasteiger partial charge in [0.15, 0.2) is 0 Å². The summed E-state index contributed by atoms with van der Waals surface area (Å²) in [6.07, 6.45) is 3.31. The fourth-order valence-electron chi connectivity index (χ4n) is 3.91. The van der Waals surface area contributed by atoms with Crippen LogP contribution in [0.4, 0.5) is 16.2 Å². The van der Waals surface area contributed by atoms with E-state index >= 15 is 0 Å². The van der Waals surface area contributed by atoms with Gasteiger partial charge in [0.05, 0.1) is 18.8 Å². The molecule has 1 fully saturated rings. The summed E-state index contributed by atoms with van der Waals surface area (Å²) in [4.78, 5) is 26.2. The zero-order chi connectivity index (χ0) is 18.8. The number of urea groups is 1. The lowest BCUT2D eigenvalue weighted by atomic mass is 10.1. The minimum absolute atomic E-state index is 0.0320. The zero-order valence-electron chi connectivity index (χ0n) is 15.3. The Balaban J connectivity index is 1.45. The maximum absolute atomic E-state index is 12.4. The van der Waals surface area contributed by atoms with Crippen LogP contribution in [0.5, 0.6) is 5.75 Å². The molecule has 2 aromatic carbocycles. The molecule has 1 atom stereocenters. The second kappa shape index (κ2) is 7.31. The van der Waals surface area contributed by atoms with Gasteiger partial charge in [0, 0.05) is 24.7 Å². The number of anilines is 2. The first-order chi connectivity index (χ1) is 13.2. The number of carbonyl (C=O) groups is 2. The van der Waals surface area contributed by atoms with Crippen LogP contribution < -0.4 is 20.3 Å². The molecule has 2 aliphatic rings. The fourth-order valence-corrected chi connectivity index (χ4v) is 3.91. The van der Waals surface area contributed by atoms with E-state index < -0.39 is 0 Å². The van der Waals surface area contributed by atoms with Gasteiger partial charge in [-0.25, -0.2) is 4.79 Å². The summed E-state index contributed by atoms with van der Waals surface area (Å²) in [5, 5.41) is 5.91. The van der Waals surface area contributed by atoms with Gasteiger partial charge in [0.1, 0.15) is 5.75 Å². The minimum atomic E-state index is -0.247. The number of fused-ring (bicyclic) bond motifs is 1. The Morgan fingerprint density at radius 3 is 2.81 bits per heavy atom. The molecule has 1 aliphatic carbocycles. The highest BCUT2D eigenvalue weighted by molar-refractivity contribution is 5.97. The zero-order valence-corrected chi connectivity index (χ0v) is 15.3. The Labute approximate surface area is 158 Å². The first kappa shape index (κ1) is 17.4. The SMILES string of the molecule is COc1cc(NC(=O)N[C@H]2CCc3ccccc32)ccc1N1CCCC1=O. The van der Waals surface area contributed by atoms with E-state index in [1.807, 2.05) is 18.2 Å². The Morgan fingerprint density at radius 1 is 1.19 bits per heavy atom. The molecule has 2 N–H and O–H groups in total. The van der Waals surface area contributed by atoms with E-state index in [4.69, 9.17) is 4.74 Å². The van der Waals surface area contributed by atoms with E-state index in [1.165, 1.54) is 11.1 Å². The van der Waals surface area contributed by atoms with Crippen molar-refractivity contribution < 1.29 is 14.3 Å². The molecule has 1 heterocycles. The topological polar surface area (TPSA) is 70.7 Å². The second-order valence-corrected chi connectivity index (χ2v) is 6.92. The predicted octanol–water partition coefficient (Wildman–Crippen LogP) is 3.63. The van der Waals surface area contributed by atoms with Crippen LogP contribution in [0.1, 0.15) is 36.4 Å². The molecule has 6 nitrogen and oxygen atoms in total. The third kappa shape index (κ3) is 3.47. The maximum atomic E-state index is 12.4. The Morgan fingerprint density at radius 2 is 2.04 bits per heavy atom. The average Bonchev–Trinajstić information content (AvgIpc) is 3.28. The van der Waals surface area contributed by atoms with Crippen LogP contribution in [0.3, 0.4) is 0 Å². The average molecular weight is 365 g/mol. The molecule has 2 aromatic rings. The Kier molecular flexibility index (Phi) is 4.71. The highest BCUT2D eigenvalue weighted by atomic mass is 16.5. The highest BCUT2D eigenvalue weighted by Crippen LogP contribution is 2.34. The molecule has 0 aromatic heterocycles. The molecule has 6 heteroatoms. The van der Waals surface area contributed by atoms with Crippen LogP contribution in [-0.2, 0) is 11.2 Å². The molecule has 0 unspecified atom stereocenters. The molecule has 1 aliphatic heterocycles. The van der Waals surface area contributed by atoms with Gasteiger partial charge < -0.3 is 20.3 Å². The molecule has 4 rings (SSSR count). The first-order valence-corrected chi connectivity index (χ1v) is 9.29. The van der Waals surface area contributed by atoms with Crippen molar-refractivity contribution in [2.24, 2.45) is 0 Å². The number of carbonyl (C=O) groups excluding carboxylic acids is 2. The highest BCUT2D eigenvalue weighted by Gasteiger charge is 2.25. The number of methoxy groups -OCH3 is 1. The van der Waals surface area contributed by atoms with Crippen LogP contribution in [0.2, 0.25) is 0 Å². The number of amides is 3. The number of ether oxygens (including phenoxy) is 1.